The third-order valence-corrected chi connectivity index (χ3v) is 6.58. The first kappa shape index (κ1) is 26.0. The van der Waals surface area contributed by atoms with Gasteiger partial charge in [-0.15, -0.1) is 0 Å². The van der Waals surface area contributed by atoms with E-state index in [-0.39, 0.29) is 35.0 Å². The van der Waals surface area contributed by atoms with E-state index in [1.165, 1.54) is 7.11 Å². The number of hydrogen-bond acceptors (Lipinski definition) is 6. The van der Waals surface area contributed by atoms with Gasteiger partial charge in [-0.2, -0.15) is 0 Å². The van der Waals surface area contributed by atoms with Crippen LogP contribution in [0.4, 0.5) is 0 Å². The summed E-state index contributed by atoms with van der Waals surface area (Å²) in [6.07, 6.45) is 0. The fourth-order valence-corrected chi connectivity index (χ4v) is 4.53. The van der Waals surface area contributed by atoms with Crippen molar-refractivity contribution in [3.8, 4) is 11.4 Å². The van der Waals surface area contributed by atoms with Gasteiger partial charge in [0.2, 0.25) is 0 Å². The predicted molar refractivity (Wildman–Crippen MR) is 140 cm³/mol. The zero-order valence-corrected chi connectivity index (χ0v) is 21.9. The van der Waals surface area contributed by atoms with Crippen LogP contribution in [0, 0.1) is 6.92 Å². The fourth-order valence-electron chi connectivity index (χ4n) is 4.53. The van der Waals surface area contributed by atoms with Gasteiger partial charge in [-0.3, -0.25) is 9.59 Å². The maximum Gasteiger partial charge on any atom is 0.342 e. The van der Waals surface area contributed by atoms with Gasteiger partial charge >= 0.3 is 5.97 Å². The second kappa shape index (κ2) is 10.9. The Hall–Kier alpha value is -4.07. The highest BCUT2D eigenvalue weighted by molar-refractivity contribution is 6.05. The Bertz CT molecular complexity index is 1310. The van der Waals surface area contributed by atoms with Crippen LogP contribution < -0.4 is 0 Å². The van der Waals surface area contributed by atoms with E-state index in [0.717, 1.165) is 11.1 Å². The molecule has 2 amide bonds. The minimum absolute atomic E-state index is 0.0231. The van der Waals surface area contributed by atoms with Crippen LogP contribution in [0.25, 0.3) is 11.4 Å². The highest BCUT2D eigenvalue weighted by Crippen LogP contribution is 2.27. The summed E-state index contributed by atoms with van der Waals surface area (Å²) in [6, 6.07) is 16.6. The Kier molecular flexibility index (Phi) is 7.66. The fraction of sp³-hybridized carbons (Fsp3) is 0.345. The van der Waals surface area contributed by atoms with Gasteiger partial charge in [0.15, 0.2) is 5.82 Å². The minimum Gasteiger partial charge on any atom is -0.465 e. The predicted octanol–water partition coefficient (Wildman–Crippen LogP) is 4.35. The van der Waals surface area contributed by atoms with Gasteiger partial charge in [0, 0.05) is 36.8 Å². The average molecular weight is 501 g/mol. The second-order valence-corrected chi connectivity index (χ2v) is 9.63. The van der Waals surface area contributed by atoms with Crippen LogP contribution in [-0.4, -0.2) is 70.3 Å². The normalized spacial score (nSPS) is 15.6. The van der Waals surface area contributed by atoms with Crippen molar-refractivity contribution < 1.29 is 19.1 Å². The molecule has 4 rings (SSSR count). The Morgan fingerprint density at radius 3 is 2.22 bits per heavy atom. The molecule has 2 heterocycles. The van der Waals surface area contributed by atoms with Crippen molar-refractivity contribution in [2.45, 2.75) is 39.7 Å². The number of esters is 1. The lowest BCUT2D eigenvalue weighted by molar-refractivity contribution is 0.0408. The lowest BCUT2D eigenvalue weighted by atomic mass is 10.00. The van der Waals surface area contributed by atoms with E-state index in [1.54, 1.807) is 9.80 Å². The molecule has 0 bridgehead atoms. The summed E-state index contributed by atoms with van der Waals surface area (Å²) in [6.45, 7) is 8.74. The van der Waals surface area contributed by atoms with Gasteiger partial charge in [-0.1, -0.05) is 61.9 Å². The summed E-state index contributed by atoms with van der Waals surface area (Å²) in [5.74, 6) is -0.857. The zero-order chi connectivity index (χ0) is 26.7. The maximum atomic E-state index is 13.9. The molecule has 192 valence electrons. The van der Waals surface area contributed by atoms with Gasteiger partial charge in [-0.25, -0.2) is 14.8 Å². The minimum atomic E-state index is -0.645. The van der Waals surface area contributed by atoms with Crippen LogP contribution in [0.3, 0.4) is 0 Å². The first-order valence-corrected chi connectivity index (χ1v) is 12.4. The topological polar surface area (TPSA) is 92.7 Å². The van der Waals surface area contributed by atoms with Gasteiger partial charge in [0.1, 0.15) is 11.3 Å². The molecule has 8 nitrogen and oxygen atoms in total. The molecular weight excluding hydrogens is 468 g/mol. The molecule has 1 atom stereocenters. The van der Waals surface area contributed by atoms with E-state index in [1.807, 2.05) is 82.3 Å². The largest absolute Gasteiger partial charge is 0.465 e. The zero-order valence-electron chi connectivity index (χ0n) is 21.9. The van der Waals surface area contributed by atoms with Crippen LogP contribution in [0.2, 0.25) is 0 Å². The highest BCUT2D eigenvalue weighted by atomic mass is 16.5. The summed E-state index contributed by atoms with van der Waals surface area (Å²) in [5, 5.41) is 0. The van der Waals surface area contributed by atoms with Gasteiger partial charge in [0.05, 0.1) is 12.8 Å². The van der Waals surface area contributed by atoms with Crippen molar-refractivity contribution in [2.75, 3.05) is 26.7 Å². The van der Waals surface area contributed by atoms with Crippen molar-refractivity contribution >= 4 is 17.8 Å². The van der Waals surface area contributed by atoms with E-state index >= 15 is 0 Å². The number of piperazine rings is 1. The third-order valence-electron chi connectivity index (χ3n) is 6.58. The van der Waals surface area contributed by atoms with Gasteiger partial charge in [0.25, 0.3) is 11.8 Å². The van der Waals surface area contributed by atoms with Crippen LogP contribution >= 0.6 is 0 Å². The van der Waals surface area contributed by atoms with Gasteiger partial charge < -0.3 is 14.5 Å². The average Bonchev–Trinajstić information content (AvgIpc) is 2.91. The summed E-state index contributed by atoms with van der Waals surface area (Å²) in [5.41, 5.74) is 3.03. The molecule has 0 saturated carbocycles. The monoisotopic (exact) mass is 500 g/mol. The molecule has 0 spiro atoms. The number of carbonyl (C=O) groups is 3. The number of hydrogen-bond donors (Lipinski definition) is 0. The molecule has 2 aromatic carbocycles. The lowest BCUT2D eigenvalue weighted by Gasteiger charge is -2.40. The summed E-state index contributed by atoms with van der Waals surface area (Å²) in [4.78, 5) is 52.5. The smallest absolute Gasteiger partial charge is 0.342 e. The van der Waals surface area contributed by atoms with Crippen molar-refractivity contribution in [1.82, 2.24) is 19.8 Å². The number of ether oxygens (including phenoxy) is 1. The molecule has 8 heteroatoms. The van der Waals surface area contributed by atoms with E-state index in [4.69, 9.17) is 4.74 Å². The van der Waals surface area contributed by atoms with E-state index < -0.39 is 5.97 Å². The summed E-state index contributed by atoms with van der Waals surface area (Å²) < 4.78 is 5.04. The number of nitrogens with zero attached hydrogens (tertiary/aromatic N) is 4. The Morgan fingerprint density at radius 1 is 0.946 bits per heavy atom. The number of aromatic nitrogens is 2. The Balaban J connectivity index is 1.67. The van der Waals surface area contributed by atoms with Gasteiger partial charge in [-0.05, 0) is 31.9 Å². The Morgan fingerprint density at radius 2 is 1.62 bits per heavy atom. The van der Waals surface area contributed by atoms with Crippen LogP contribution in [0.5, 0.6) is 0 Å². The van der Waals surface area contributed by atoms with Crippen molar-refractivity contribution in [3.05, 3.63) is 82.7 Å². The van der Waals surface area contributed by atoms with Crippen molar-refractivity contribution in [1.29, 1.82) is 0 Å². The van der Waals surface area contributed by atoms with Crippen LogP contribution in [0.1, 0.15) is 69.2 Å². The molecule has 1 saturated heterocycles. The number of rotatable bonds is 5. The molecule has 0 aliphatic carbocycles. The lowest BCUT2D eigenvalue weighted by Crippen LogP contribution is -2.55. The number of amides is 2. The molecule has 1 aromatic heterocycles. The number of carbonyl (C=O) groups excluding carboxylic acids is 3. The summed E-state index contributed by atoms with van der Waals surface area (Å²) in [7, 11) is 1.28. The SMILES string of the molecule is COC(=O)c1c(C(=O)N2CCN(C(=O)c3ccc(C)cc3)C(C)C2)nc(-c2ccccc2)nc1C(C)C. The first-order chi connectivity index (χ1) is 17.7. The second-order valence-electron chi connectivity index (χ2n) is 9.63. The molecule has 0 N–H and O–H groups in total. The first-order valence-electron chi connectivity index (χ1n) is 12.4. The number of methoxy groups -OCH3 is 1. The van der Waals surface area contributed by atoms with E-state index in [0.29, 0.717) is 36.7 Å². The van der Waals surface area contributed by atoms with E-state index in [2.05, 4.69) is 9.97 Å². The quantitative estimate of drug-likeness (QED) is 0.484. The van der Waals surface area contributed by atoms with Crippen LogP contribution in [-0.2, 0) is 4.74 Å². The van der Waals surface area contributed by atoms with E-state index in [9.17, 15) is 14.4 Å². The summed E-state index contributed by atoms with van der Waals surface area (Å²) >= 11 is 0. The number of aryl methyl sites for hydroxylation is 1. The maximum absolute atomic E-state index is 13.9. The third kappa shape index (κ3) is 5.38. The molecule has 1 fully saturated rings. The van der Waals surface area contributed by atoms with Crippen LogP contribution in [0.15, 0.2) is 54.6 Å². The van der Waals surface area contributed by atoms with Crippen molar-refractivity contribution in [3.63, 3.8) is 0 Å². The molecule has 0 radical (unpaired) electrons. The molecular formula is C29H32N4O4. The molecule has 1 aliphatic heterocycles. The Labute approximate surface area is 217 Å². The molecule has 1 aliphatic rings. The standard InChI is InChI=1S/C29H32N4O4/c1-18(2)24-23(29(36)37-5)25(31-26(30-24)21-9-7-6-8-10-21)28(35)32-15-16-33(20(4)17-32)27(34)22-13-11-19(3)12-14-22/h6-14,18,20H,15-17H2,1-5H3. The number of benzene rings is 2. The molecule has 3 aromatic rings. The molecule has 37 heavy (non-hydrogen) atoms. The van der Waals surface area contributed by atoms with Crippen molar-refractivity contribution in [2.24, 2.45) is 0 Å². The highest BCUT2D eigenvalue weighted by Gasteiger charge is 2.35. The molecule has 1 unspecified atom stereocenters.